The first kappa shape index (κ1) is 20.2. The van der Waals surface area contributed by atoms with E-state index in [9.17, 15) is 19.7 Å². The van der Waals surface area contributed by atoms with Crippen molar-refractivity contribution in [2.24, 2.45) is 0 Å². The van der Waals surface area contributed by atoms with Gasteiger partial charge in [-0.05, 0) is 36.2 Å². The van der Waals surface area contributed by atoms with Crippen LogP contribution in [0, 0.1) is 10.1 Å². The molecule has 9 heteroatoms. The molecule has 0 bridgehead atoms. The van der Waals surface area contributed by atoms with Gasteiger partial charge in [0.25, 0.3) is 11.6 Å². The molecule has 0 aliphatic heterocycles. The van der Waals surface area contributed by atoms with Crippen LogP contribution in [0.15, 0.2) is 42.5 Å². The van der Waals surface area contributed by atoms with Crippen LogP contribution in [0.3, 0.4) is 0 Å². The number of esters is 1. The number of amides is 1. The van der Waals surface area contributed by atoms with Gasteiger partial charge in [-0.1, -0.05) is 23.7 Å². The number of anilines is 1. The number of nitro groups is 1. The number of ether oxygens (including phenoxy) is 1. The van der Waals surface area contributed by atoms with Crippen LogP contribution in [-0.4, -0.2) is 37.0 Å². The molecule has 0 spiro atoms. The van der Waals surface area contributed by atoms with E-state index in [0.29, 0.717) is 18.0 Å². The molecular weight excluding hydrogens is 374 g/mol. The highest BCUT2D eigenvalue weighted by Gasteiger charge is 2.18. The maximum atomic E-state index is 12.0. The highest BCUT2D eigenvalue weighted by atomic mass is 35.5. The van der Waals surface area contributed by atoms with E-state index in [1.807, 2.05) is 12.1 Å². The number of rotatable bonds is 8. The number of benzene rings is 2. The zero-order valence-corrected chi connectivity index (χ0v) is 15.3. The standard InChI is InChI=1S/C18H18ClN3O5/c1-20-15-6-5-13(10-16(15)22(25)26)18(24)27-11-17(23)21-8-7-12-3-2-4-14(19)9-12/h2-6,9-10,20H,7-8,11H2,1H3,(H,21,23). The third-order valence-electron chi connectivity index (χ3n) is 3.66. The first-order valence-corrected chi connectivity index (χ1v) is 8.43. The second-order valence-electron chi connectivity index (χ2n) is 5.55. The second kappa shape index (κ2) is 9.54. The average molecular weight is 392 g/mol. The molecule has 2 N–H and O–H groups in total. The summed E-state index contributed by atoms with van der Waals surface area (Å²) < 4.78 is 4.90. The smallest absolute Gasteiger partial charge is 0.338 e. The second-order valence-corrected chi connectivity index (χ2v) is 5.98. The van der Waals surface area contributed by atoms with Gasteiger partial charge in [0.05, 0.1) is 10.5 Å². The molecule has 2 rings (SSSR count). The van der Waals surface area contributed by atoms with Crippen LogP contribution < -0.4 is 10.6 Å². The zero-order valence-electron chi connectivity index (χ0n) is 14.5. The third-order valence-corrected chi connectivity index (χ3v) is 3.89. The lowest BCUT2D eigenvalue weighted by Gasteiger charge is -2.08. The lowest BCUT2D eigenvalue weighted by Crippen LogP contribution is -2.30. The minimum absolute atomic E-state index is 0.00701. The Bertz CT molecular complexity index is 857. The van der Waals surface area contributed by atoms with Crippen LogP contribution in [0.25, 0.3) is 0 Å². The Hall–Kier alpha value is -3.13. The molecule has 0 aromatic heterocycles. The molecule has 0 heterocycles. The predicted molar refractivity (Wildman–Crippen MR) is 101 cm³/mol. The Labute approximate surface area is 160 Å². The van der Waals surface area contributed by atoms with Gasteiger partial charge < -0.3 is 15.4 Å². The van der Waals surface area contributed by atoms with Crippen molar-refractivity contribution >= 4 is 34.9 Å². The van der Waals surface area contributed by atoms with Crippen LogP contribution >= 0.6 is 11.6 Å². The SMILES string of the molecule is CNc1ccc(C(=O)OCC(=O)NCCc2cccc(Cl)c2)cc1[N+](=O)[O-]. The minimum atomic E-state index is -0.814. The molecule has 0 atom stereocenters. The van der Waals surface area contributed by atoms with E-state index < -0.39 is 23.4 Å². The Balaban J connectivity index is 1.83. The van der Waals surface area contributed by atoms with Gasteiger partial charge in [-0.2, -0.15) is 0 Å². The number of carbonyl (C=O) groups is 2. The molecule has 0 saturated carbocycles. The summed E-state index contributed by atoms with van der Waals surface area (Å²) in [6, 6.07) is 11.2. The normalized spacial score (nSPS) is 10.1. The van der Waals surface area contributed by atoms with E-state index in [-0.39, 0.29) is 16.9 Å². The predicted octanol–water partition coefficient (Wildman–Crippen LogP) is 2.81. The molecule has 0 radical (unpaired) electrons. The highest BCUT2D eigenvalue weighted by molar-refractivity contribution is 6.30. The van der Waals surface area contributed by atoms with Gasteiger partial charge >= 0.3 is 5.97 Å². The zero-order chi connectivity index (χ0) is 19.8. The summed E-state index contributed by atoms with van der Waals surface area (Å²) in [6.07, 6.45) is 0.581. The van der Waals surface area contributed by atoms with Crippen LogP contribution in [0.1, 0.15) is 15.9 Å². The summed E-state index contributed by atoms with van der Waals surface area (Å²) in [7, 11) is 1.54. The molecule has 142 valence electrons. The van der Waals surface area contributed by atoms with Crippen molar-refractivity contribution in [3.05, 3.63) is 68.7 Å². The van der Waals surface area contributed by atoms with E-state index in [4.69, 9.17) is 16.3 Å². The van der Waals surface area contributed by atoms with Crippen molar-refractivity contribution in [3.63, 3.8) is 0 Å². The fourth-order valence-corrected chi connectivity index (χ4v) is 2.54. The molecular formula is C18H18ClN3O5. The van der Waals surface area contributed by atoms with Crippen molar-refractivity contribution in [2.45, 2.75) is 6.42 Å². The van der Waals surface area contributed by atoms with E-state index in [1.54, 1.807) is 12.1 Å². The van der Waals surface area contributed by atoms with Crippen LogP contribution in [-0.2, 0) is 16.0 Å². The monoisotopic (exact) mass is 391 g/mol. The quantitative estimate of drug-likeness (QED) is 0.406. The summed E-state index contributed by atoms with van der Waals surface area (Å²) in [5, 5.41) is 16.9. The lowest BCUT2D eigenvalue weighted by atomic mass is 10.1. The van der Waals surface area contributed by atoms with Gasteiger partial charge in [0.2, 0.25) is 0 Å². The molecule has 1 amide bonds. The molecule has 0 aliphatic carbocycles. The molecule has 0 saturated heterocycles. The summed E-state index contributed by atoms with van der Waals surface area (Å²) in [4.78, 5) is 34.2. The van der Waals surface area contributed by atoms with Crippen molar-refractivity contribution in [1.82, 2.24) is 5.32 Å². The van der Waals surface area contributed by atoms with E-state index in [0.717, 1.165) is 11.6 Å². The van der Waals surface area contributed by atoms with Gasteiger partial charge in [0.1, 0.15) is 5.69 Å². The van der Waals surface area contributed by atoms with Gasteiger partial charge in [0, 0.05) is 24.7 Å². The Morgan fingerprint density at radius 3 is 2.67 bits per heavy atom. The van der Waals surface area contributed by atoms with Gasteiger partial charge in [-0.25, -0.2) is 4.79 Å². The Kier molecular flexibility index (Phi) is 7.13. The fourth-order valence-electron chi connectivity index (χ4n) is 2.33. The van der Waals surface area contributed by atoms with Gasteiger partial charge in [-0.3, -0.25) is 14.9 Å². The molecule has 2 aromatic carbocycles. The average Bonchev–Trinajstić information content (AvgIpc) is 2.65. The molecule has 0 aliphatic rings. The molecule has 0 unspecified atom stereocenters. The first-order chi connectivity index (χ1) is 12.9. The van der Waals surface area contributed by atoms with Crippen LogP contribution in [0.2, 0.25) is 5.02 Å². The maximum absolute atomic E-state index is 12.0. The summed E-state index contributed by atoms with van der Waals surface area (Å²) >= 11 is 5.89. The number of hydrogen-bond acceptors (Lipinski definition) is 6. The van der Waals surface area contributed by atoms with Crippen LogP contribution in [0.5, 0.6) is 0 Å². The van der Waals surface area contributed by atoms with E-state index in [2.05, 4.69) is 10.6 Å². The van der Waals surface area contributed by atoms with Gasteiger partial charge in [-0.15, -0.1) is 0 Å². The van der Waals surface area contributed by atoms with E-state index >= 15 is 0 Å². The number of nitrogens with one attached hydrogen (secondary N) is 2. The number of halogens is 1. The highest BCUT2D eigenvalue weighted by Crippen LogP contribution is 2.25. The molecule has 0 fully saturated rings. The largest absolute Gasteiger partial charge is 0.452 e. The van der Waals surface area contributed by atoms with Crippen molar-refractivity contribution in [3.8, 4) is 0 Å². The maximum Gasteiger partial charge on any atom is 0.338 e. The number of nitrogens with zero attached hydrogens (tertiary/aromatic N) is 1. The first-order valence-electron chi connectivity index (χ1n) is 8.05. The van der Waals surface area contributed by atoms with Crippen LogP contribution in [0.4, 0.5) is 11.4 Å². The number of hydrogen-bond donors (Lipinski definition) is 2. The van der Waals surface area contributed by atoms with Crippen molar-refractivity contribution < 1.29 is 19.2 Å². The molecule has 27 heavy (non-hydrogen) atoms. The topological polar surface area (TPSA) is 111 Å². The number of carbonyl (C=O) groups excluding carboxylic acids is 2. The molecule has 8 nitrogen and oxygen atoms in total. The summed E-state index contributed by atoms with van der Waals surface area (Å²) in [6.45, 7) is -0.116. The number of nitro benzene ring substituents is 1. The van der Waals surface area contributed by atoms with Crippen molar-refractivity contribution in [1.29, 1.82) is 0 Å². The van der Waals surface area contributed by atoms with Gasteiger partial charge in [0.15, 0.2) is 6.61 Å². The lowest BCUT2D eigenvalue weighted by molar-refractivity contribution is -0.384. The van der Waals surface area contributed by atoms with Crippen molar-refractivity contribution in [2.75, 3.05) is 25.5 Å². The summed E-state index contributed by atoms with van der Waals surface area (Å²) in [5.74, 6) is -1.28. The minimum Gasteiger partial charge on any atom is -0.452 e. The Morgan fingerprint density at radius 1 is 1.22 bits per heavy atom. The fraction of sp³-hybridized carbons (Fsp3) is 0.222. The summed E-state index contributed by atoms with van der Waals surface area (Å²) in [5.41, 5.74) is 0.984. The van der Waals surface area contributed by atoms with E-state index in [1.165, 1.54) is 19.2 Å². The third kappa shape index (κ3) is 5.96. The molecule has 2 aromatic rings. The Morgan fingerprint density at radius 2 is 2.00 bits per heavy atom.